The van der Waals surface area contributed by atoms with Crippen LogP contribution in [0.25, 0.3) is 0 Å². The van der Waals surface area contributed by atoms with E-state index < -0.39 is 22.0 Å². The lowest BCUT2D eigenvalue weighted by Crippen LogP contribution is -2.51. The van der Waals surface area contributed by atoms with Gasteiger partial charge in [-0.2, -0.15) is 0 Å². The predicted molar refractivity (Wildman–Crippen MR) is 145 cm³/mol. The molecule has 0 radical (unpaired) electrons. The fourth-order valence-electron chi connectivity index (χ4n) is 4.49. The average Bonchev–Trinajstić information content (AvgIpc) is 2.87. The zero-order valence-corrected chi connectivity index (χ0v) is 23.1. The largest absolute Gasteiger partial charge is 0.496 e. The van der Waals surface area contributed by atoms with Crippen LogP contribution in [-0.2, 0) is 14.8 Å². The van der Waals surface area contributed by atoms with Gasteiger partial charge in [0, 0.05) is 5.02 Å². The second-order valence-corrected chi connectivity index (χ2v) is 11.7. The first kappa shape index (κ1) is 26.8. The Bertz CT molecular complexity index is 1410. The maximum atomic E-state index is 13.6. The highest BCUT2D eigenvalue weighted by Crippen LogP contribution is 2.37. The van der Waals surface area contributed by atoms with Crippen LogP contribution in [0.2, 0.25) is 5.02 Å². The van der Waals surface area contributed by atoms with Crippen LogP contribution < -0.4 is 19.1 Å². The number of methoxy groups -OCH3 is 1. The number of hydrogen-bond acceptors (Lipinski definition) is 5. The van der Waals surface area contributed by atoms with Gasteiger partial charge in [0.1, 0.15) is 11.5 Å². The van der Waals surface area contributed by atoms with Crippen LogP contribution in [0, 0.1) is 6.92 Å². The molecule has 1 aliphatic rings. The van der Waals surface area contributed by atoms with Crippen molar-refractivity contribution < 1.29 is 22.7 Å². The van der Waals surface area contributed by atoms with Gasteiger partial charge >= 0.3 is 0 Å². The van der Waals surface area contributed by atoms with E-state index in [9.17, 15) is 13.2 Å². The molecule has 4 rings (SSSR count). The van der Waals surface area contributed by atoms with Crippen molar-refractivity contribution in [1.29, 1.82) is 0 Å². The molecule has 3 aromatic carbocycles. The van der Waals surface area contributed by atoms with E-state index >= 15 is 0 Å². The number of nitrogens with one attached hydrogen (secondary N) is 1. The molecule has 196 valence electrons. The first-order valence-electron chi connectivity index (χ1n) is 12.1. The fourth-order valence-corrected chi connectivity index (χ4v) is 6.10. The molecule has 37 heavy (non-hydrogen) atoms. The maximum absolute atomic E-state index is 13.6. The summed E-state index contributed by atoms with van der Waals surface area (Å²) in [7, 11) is -2.32. The molecule has 0 saturated heterocycles. The van der Waals surface area contributed by atoms with E-state index in [4.69, 9.17) is 21.1 Å². The van der Waals surface area contributed by atoms with Crippen LogP contribution >= 0.6 is 11.6 Å². The minimum atomic E-state index is -3.97. The number of halogens is 1. The third kappa shape index (κ3) is 5.40. The Balaban J connectivity index is 1.62. The van der Waals surface area contributed by atoms with Gasteiger partial charge in [-0.15, -0.1) is 0 Å². The summed E-state index contributed by atoms with van der Waals surface area (Å²) in [5.41, 5.74) is 3.37. The SMILES string of the molecule is COc1cc(C)c([C@@H](C)NC(=O)[C@@H]2CN(S(=O)(=O)c3ccc(Cl)cc3)c3ccccc3O2)cc1C(C)C. The normalized spacial score (nSPS) is 16.1. The van der Waals surface area contributed by atoms with Crippen LogP contribution in [0.4, 0.5) is 5.69 Å². The van der Waals surface area contributed by atoms with Crippen LogP contribution in [0.15, 0.2) is 65.6 Å². The summed E-state index contributed by atoms with van der Waals surface area (Å²) in [4.78, 5) is 13.5. The van der Waals surface area contributed by atoms with E-state index in [0.29, 0.717) is 16.5 Å². The number of benzene rings is 3. The molecule has 1 heterocycles. The summed E-state index contributed by atoms with van der Waals surface area (Å²) in [6, 6.07) is 16.4. The van der Waals surface area contributed by atoms with E-state index in [-0.39, 0.29) is 23.4 Å². The zero-order chi connectivity index (χ0) is 26.9. The number of fused-ring (bicyclic) bond motifs is 1. The number of anilines is 1. The van der Waals surface area contributed by atoms with Crippen molar-refractivity contribution in [3.05, 3.63) is 82.4 Å². The van der Waals surface area contributed by atoms with E-state index in [2.05, 4.69) is 25.2 Å². The quantitative estimate of drug-likeness (QED) is 0.419. The smallest absolute Gasteiger partial charge is 0.264 e. The summed E-state index contributed by atoms with van der Waals surface area (Å²) in [5, 5.41) is 3.45. The molecule has 0 fully saturated rings. The van der Waals surface area contributed by atoms with Gasteiger partial charge < -0.3 is 14.8 Å². The number of hydrogen-bond donors (Lipinski definition) is 1. The lowest BCUT2D eigenvalue weighted by atomic mass is 9.93. The summed E-state index contributed by atoms with van der Waals surface area (Å²) in [6.07, 6.45) is -1.04. The van der Waals surface area contributed by atoms with Crippen molar-refractivity contribution in [1.82, 2.24) is 5.32 Å². The second-order valence-electron chi connectivity index (χ2n) is 9.40. The van der Waals surface area contributed by atoms with E-state index in [1.54, 1.807) is 31.4 Å². The Labute approximate surface area is 223 Å². The number of carbonyl (C=O) groups is 1. The fraction of sp³-hybridized carbons (Fsp3) is 0.321. The predicted octanol–water partition coefficient (Wildman–Crippen LogP) is 5.61. The van der Waals surface area contributed by atoms with Crippen LogP contribution in [0.5, 0.6) is 11.5 Å². The molecule has 1 amide bonds. The van der Waals surface area contributed by atoms with Crippen molar-refractivity contribution in [2.24, 2.45) is 0 Å². The molecule has 0 aliphatic carbocycles. The third-order valence-electron chi connectivity index (χ3n) is 6.49. The number of aryl methyl sites for hydroxylation is 1. The van der Waals surface area contributed by atoms with Crippen molar-refractivity contribution in [3.63, 3.8) is 0 Å². The number of rotatable bonds is 7. The minimum absolute atomic E-state index is 0.0798. The van der Waals surface area contributed by atoms with Crippen molar-refractivity contribution in [2.75, 3.05) is 18.0 Å². The number of ether oxygens (including phenoxy) is 2. The minimum Gasteiger partial charge on any atom is -0.496 e. The summed E-state index contributed by atoms with van der Waals surface area (Å²) in [6.45, 7) is 7.88. The zero-order valence-electron chi connectivity index (χ0n) is 21.5. The molecule has 2 atom stereocenters. The number of para-hydroxylation sites is 2. The van der Waals surface area contributed by atoms with Gasteiger partial charge in [-0.1, -0.05) is 37.6 Å². The molecule has 0 aromatic heterocycles. The van der Waals surface area contributed by atoms with Gasteiger partial charge in [0.05, 0.1) is 30.3 Å². The average molecular weight is 543 g/mol. The van der Waals surface area contributed by atoms with E-state index in [1.807, 2.05) is 19.9 Å². The number of sulfonamides is 1. The monoisotopic (exact) mass is 542 g/mol. The Hall–Kier alpha value is -3.23. The molecule has 1 aliphatic heterocycles. The molecule has 0 bridgehead atoms. The molecule has 9 heteroatoms. The molecular weight excluding hydrogens is 512 g/mol. The van der Waals surface area contributed by atoms with Crippen LogP contribution in [0.1, 0.15) is 49.4 Å². The van der Waals surface area contributed by atoms with Crippen molar-refractivity contribution in [3.8, 4) is 11.5 Å². The van der Waals surface area contributed by atoms with Crippen LogP contribution in [0.3, 0.4) is 0 Å². The first-order valence-corrected chi connectivity index (χ1v) is 13.9. The van der Waals surface area contributed by atoms with Crippen molar-refractivity contribution >= 4 is 33.2 Å². The molecule has 3 aromatic rings. The number of carbonyl (C=O) groups excluding carboxylic acids is 1. The Kier molecular flexibility index (Phi) is 7.71. The topological polar surface area (TPSA) is 84.9 Å². The summed E-state index contributed by atoms with van der Waals surface area (Å²) >= 11 is 5.96. The molecule has 1 N–H and O–H groups in total. The van der Waals surface area contributed by atoms with Gasteiger partial charge in [-0.3, -0.25) is 9.10 Å². The maximum Gasteiger partial charge on any atom is 0.264 e. The van der Waals surface area contributed by atoms with Gasteiger partial charge in [0.15, 0.2) is 6.10 Å². The van der Waals surface area contributed by atoms with Crippen LogP contribution in [-0.4, -0.2) is 34.1 Å². The molecular formula is C28H31ClN2O5S. The van der Waals surface area contributed by atoms with E-state index in [0.717, 1.165) is 22.4 Å². The lowest BCUT2D eigenvalue weighted by molar-refractivity contribution is -0.128. The molecule has 0 saturated carbocycles. The van der Waals surface area contributed by atoms with Gasteiger partial charge in [0.25, 0.3) is 15.9 Å². The summed E-state index contributed by atoms with van der Waals surface area (Å²) < 4.78 is 39.9. The van der Waals surface area contributed by atoms with E-state index in [1.165, 1.54) is 28.6 Å². The molecule has 0 spiro atoms. The highest BCUT2D eigenvalue weighted by Gasteiger charge is 2.38. The second kappa shape index (κ2) is 10.6. The lowest BCUT2D eigenvalue weighted by Gasteiger charge is -2.35. The molecule has 7 nitrogen and oxygen atoms in total. The standard InChI is InChI=1S/C28H31ClN2O5S/c1-17(2)22-15-23(18(3)14-26(22)35-5)19(4)30-28(32)27-16-31(24-8-6-7-9-25(24)36-27)37(33,34)21-12-10-20(29)11-13-21/h6-15,17,19,27H,16H2,1-5H3,(H,30,32)/t19-,27+/m1/s1. The summed E-state index contributed by atoms with van der Waals surface area (Å²) in [5.74, 6) is 0.966. The Morgan fingerprint density at radius 1 is 1.08 bits per heavy atom. The molecule has 0 unspecified atom stereocenters. The van der Waals surface area contributed by atoms with Gasteiger partial charge in [-0.05, 0) is 85.0 Å². The highest BCUT2D eigenvalue weighted by atomic mass is 35.5. The Morgan fingerprint density at radius 2 is 1.76 bits per heavy atom. The number of amides is 1. The van der Waals surface area contributed by atoms with Gasteiger partial charge in [0.2, 0.25) is 0 Å². The Morgan fingerprint density at radius 3 is 2.41 bits per heavy atom. The number of nitrogens with zero attached hydrogens (tertiary/aromatic N) is 1. The van der Waals surface area contributed by atoms with Crippen molar-refractivity contribution in [2.45, 2.75) is 50.7 Å². The highest BCUT2D eigenvalue weighted by molar-refractivity contribution is 7.92. The first-order chi connectivity index (χ1) is 17.5. The third-order valence-corrected chi connectivity index (χ3v) is 8.54. The van der Waals surface area contributed by atoms with Gasteiger partial charge in [-0.25, -0.2) is 8.42 Å².